The summed E-state index contributed by atoms with van der Waals surface area (Å²) in [5, 5.41) is 7.56. The van der Waals surface area contributed by atoms with Gasteiger partial charge in [0.1, 0.15) is 0 Å². The molecule has 0 aliphatic heterocycles. The Hall–Kier alpha value is -1.42. The van der Waals surface area contributed by atoms with Crippen molar-refractivity contribution >= 4 is 5.65 Å². The van der Waals surface area contributed by atoms with Crippen LogP contribution in [0.4, 0.5) is 0 Å². The van der Waals surface area contributed by atoms with E-state index in [1.165, 1.54) is 0 Å². The second-order valence-electron chi connectivity index (χ2n) is 3.33. The highest BCUT2D eigenvalue weighted by atomic mass is 15.2. The van der Waals surface area contributed by atoms with Crippen molar-refractivity contribution in [2.75, 3.05) is 6.54 Å². The van der Waals surface area contributed by atoms with Crippen LogP contribution in [0.1, 0.15) is 18.2 Å². The fourth-order valence-corrected chi connectivity index (χ4v) is 1.39. The SMILES string of the molecule is CCNCc1cnc2cc(C)nn2c1. The maximum Gasteiger partial charge on any atom is 0.155 e. The van der Waals surface area contributed by atoms with Gasteiger partial charge in [-0.1, -0.05) is 6.92 Å². The molecular weight excluding hydrogens is 176 g/mol. The first-order chi connectivity index (χ1) is 6.79. The Bertz CT molecular complexity index is 433. The van der Waals surface area contributed by atoms with Gasteiger partial charge in [0.25, 0.3) is 0 Å². The predicted octanol–water partition coefficient (Wildman–Crippen LogP) is 1.15. The van der Waals surface area contributed by atoms with Gasteiger partial charge in [0, 0.05) is 30.6 Å². The van der Waals surface area contributed by atoms with Crippen LogP contribution in [-0.2, 0) is 6.54 Å². The summed E-state index contributed by atoms with van der Waals surface area (Å²) in [4.78, 5) is 4.32. The monoisotopic (exact) mass is 190 g/mol. The molecule has 0 atom stereocenters. The smallest absolute Gasteiger partial charge is 0.155 e. The lowest BCUT2D eigenvalue weighted by Crippen LogP contribution is -2.12. The van der Waals surface area contributed by atoms with Crippen molar-refractivity contribution in [3.63, 3.8) is 0 Å². The average molecular weight is 190 g/mol. The molecule has 0 fully saturated rings. The number of aromatic nitrogens is 3. The highest BCUT2D eigenvalue weighted by Gasteiger charge is 1.99. The van der Waals surface area contributed by atoms with Crippen LogP contribution in [0.5, 0.6) is 0 Å². The van der Waals surface area contributed by atoms with E-state index in [1.807, 2.05) is 29.9 Å². The van der Waals surface area contributed by atoms with Gasteiger partial charge in [-0.15, -0.1) is 0 Å². The number of aryl methyl sites for hydroxylation is 1. The lowest BCUT2D eigenvalue weighted by molar-refractivity contribution is 0.716. The summed E-state index contributed by atoms with van der Waals surface area (Å²) in [6.45, 7) is 5.87. The first-order valence-electron chi connectivity index (χ1n) is 4.81. The molecule has 2 heterocycles. The van der Waals surface area contributed by atoms with E-state index in [0.29, 0.717) is 0 Å². The van der Waals surface area contributed by atoms with E-state index >= 15 is 0 Å². The number of hydrogen-bond donors (Lipinski definition) is 1. The summed E-state index contributed by atoms with van der Waals surface area (Å²) in [5.74, 6) is 0. The molecule has 0 saturated heterocycles. The summed E-state index contributed by atoms with van der Waals surface area (Å²) in [6, 6.07) is 1.97. The Morgan fingerprint density at radius 3 is 3.14 bits per heavy atom. The van der Waals surface area contributed by atoms with E-state index in [0.717, 1.165) is 30.0 Å². The van der Waals surface area contributed by atoms with Crippen LogP contribution >= 0.6 is 0 Å². The molecular formula is C10H14N4. The number of hydrogen-bond acceptors (Lipinski definition) is 3. The van der Waals surface area contributed by atoms with E-state index in [1.54, 1.807) is 0 Å². The Kier molecular flexibility index (Phi) is 2.45. The van der Waals surface area contributed by atoms with Crippen LogP contribution in [-0.4, -0.2) is 21.1 Å². The average Bonchev–Trinajstić information content (AvgIpc) is 2.54. The zero-order valence-electron chi connectivity index (χ0n) is 8.49. The fraction of sp³-hybridized carbons (Fsp3) is 0.400. The first kappa shape index (κ1) is 9.15. The second kappa shape index (κ2) is 3.75. The van der Waals surface area contributed by atoms with Crippen molar-refractivity contribution in [3.05, 3.63) is 29.7 Å². The van der Waals surface area contributed by atoms with Gasteiger partial charge >= 0.3 is 0 Å². The van der Waals surface area contributed by atoms with Crippen molar-refractivity contribution in [1.29, 1.82) is 0 Å². The predicted molar refractivity (Wildman–Crippen MR) is 55.1 cm³/mol. The Labute approximate surface area is 83.0 Å². The molecule has 0 aromatic carbocycles. The Morgan fingerprint density at radius 1 is 1.50 bits per heavy atom. The minimum Gasteiger partial charge on any atom is -0.313 e. The molecule has 0 spiro atoms. The number of nitrogens with one attached hydrogen (secondary N) is 1. The van der Waals surface area contributed by atoms with Gasteiger partial charge in [-0.05, 0) is 13.5 Å². The third-order valence-electron chi connectivity index (χ3n) is 2.07. The summed E-state index contributed by atoms with van der Waals surface area (Å²) in [7, 11) is 0. The highest BCUT2D eigenvalue weighted by molar-refractivity contribution is 5.38. The second-order valence-corrected chi connectivity index (χ2v) is 3.33. The Morgan fingerprint density at radius 2 is 2.36 bits per heavy atom. The van der Waals surface area contributed by atoms with E-state index in [9.17, 15) is 0 Å². The quantitative estimate of drug-likeness (QED) is 0.789. The highest BCUT2D eigenvalue weighted by Crippen LogP contribution is 2.04. The third-order valence-corrected chi connectivity index (χ3v) is 2.07. The molecule has 2 aromatic rings. The fourth-order valence-electron chi connectivity index (χ4n) is 1.39. The van der Waals surface area contributed by atoms with Crippen LogP contribution in [0.15, 0.2) is 18.5 Å². The molecule has 0 bridgehead atoms. The zero-order valence-corrected chi connectivity index (χ0v) is 8.49. The van der Waals surface area contributed by atoms with Crippen molar-refractivity contribution in [2.45, 2.75) is 20.4 Å². The lowest BCUT2D eigenvalue weighted by Gasteiger charge is -2.01. The zero-order chi connectivity index (χ0) is 9.97. The third kappa shape index (κ3) is 1.75. The topological polar surface area (TPSA) is 42.2 Å². The minimum atomic E-state index is 0.846. The normalized spacial score (nSPS) is 11.0. The number of fused-ring (bicyclic) bond motifs is 1. The van der Waals surface area contributed by atoms with Crippen molar-refractivity contribution in [3.8, 4) is 0 Å². The molecule has 1 N–H and O–H groups in total. The maximum absolute atomic E-state index is 4.32. The molecule has 0 unspecified atom stereocenters. The van der Waals surface area contributed by atoms with Gasteiger partial charge in [-0.25, -0.2) is 9.50 Å². The van der Waals surface area contributed by atoms with Gasteiger partial charge in [0.05, 0.1) is 5.69 Å². The summed E-state index contributed by atoms with van der Waals surface area (Å²) < 4.78 is 1.82. The molecule has 14 heavy (non-hydrogen) atoms. The molecule has 0 aliphatic rings. The molecule has 2 aromatic heterocycles. The summed E-state index contributed by atoms with van der Waals surface area (Å²) in [6.07, 6.45) is 3.90. The van der Waals surface area contributed by atoms with E-state index < -0.39 is 0 Å². The van der Waals surface area contributed by atoms with Crippen LogP contribution < -0.4 is 5.32 Å². The van der Waals surface area contributed by atoms with Crippen LogP contribution in [0.25, 0.3) is 5.65 Å². The summed E-state index contributed by atoms with van der Waals surface area (Å²) in [5.41, 5.74) is 3.06. The van der Waals surface area contributed by atoms with E-state index in [4.69, 9.17) is 0 Å². The largest absolute Gasteiger partial charge is 0.313 e. The Balaban J connectivity index is 2.31. The van der Waals surface area contributed by atoms with Crippen LogP contribution in [0, 0.1) is 6.92 Å². The van der Waals surface area contributed by atoms with Gasteiger partial charge < -0.3 is 5.32 Å². The van der Waals surface area contributed by atoms with E-state index in [2.05, 4.69) is 22.3 Å². The molecule has 4 heteroatoms. The van der Waals surface area contributed by atoms with E-state index in [-0.39, 0.29) is 0 Å². The van der Waals surface area contributed by atoms with Crippen molar-refractivity contribution in [1.82, 2.24) is 19.9 Å². The van der Waals surface area contributed by atoms with Gasteiger partial charge in [-0.3, -0.25) is 0 Å². The molecule has 0 saturated carbocycles. The summed E-state index contributed by atoms with van der Waals surface area (Å²) >= 11 is 0. The molecule has 74 valence electrons. The molecule has 2 rings (SSSR count). The molecule has 0 amide bonds. The molecule has 0 radical (unpaired) electrons. The van der Waals surface area contributed by atoms with Crippen LogP contribution in [0.3, 0.4) is 0 Å². The maximum atomic E-state index is 4.32. The standard InChI is InChI=1S/C10H14N4/c1-3-11-5-9-6-12-10-4-8(2)13-14(10)7-9/h4,6-7,11H,3,5H2,1-2H3. The van der Waals surface area contributed by atoms with Gasteiger partial charge in [0.15, 0.2) is 5.65 Å². The van der Waals surface area contributed by atoms with Gasteiger partial charge in [0.2, 0.25) is 0 Å². The molecule has 4 nitrogen and oxygen atoms in total. The minimum absolute atomic E-state index is 0.846. The lowest BCUT2D eigenvalue weighted by atomic mass is 10.3. The number of rotatable bonds is 3. The number of nitrogens with zero attached hydrogens (tertiary/aromatic N) is 3. The van der Waals surface area contributed by atoms with Gasteiger partial charge in [-0.2, -0.15) is 5.10 Å². The first-order valence-corrected chi connectivity index (χ1v) is 4.81. The van der Waals surface area contributed by atoms with Crippen molar-refractivity contribution < 1.29 is 0 Å². The van der Waals surface area contributed by atoms with Crippen molar-refractivity contribution in [2.24, 2.45) is 0 Å². The molecule has 0 aliphatic carbocycles. The van der Waals surface area contributed by atoms with Crippen LogP contribution in [0.2, 0.25) is 0 Å².